The van der Waals surface area contributed by atoms with Crippen LogP contribution in [0.5, 0.6) is 0 Å². The quantitative estimate of drug-likeness (QED) is 0.896. The first kappa shape index (κ1) is 13.9. The number of anilines is 2. The van der Waals surface area contributed by atoms with Gasteiger partial charge in [0, 0.05) is 6.54 Å². The number of ether oxygens (including phenoxy) is 1. The van der Waals surface area contributed by atoms with E-state index in [0.717, 1.165) is 5.82 Å². The Balaban J connectivity index is 1.94. The molecule has 0 spiro atoms. The minimum Gasteiger partial charge on any atom is -0.453 e. The van der Waals surface area contributed by atoms with Crippen molar-refractivity contribution in [1.29, 1.82) is 0 Å². The lowest BCUT2D eigenvalue weighted by molar-refractivity contribution is 0.187. The molecule has 0 saturated carbocycles. The van der Waals surface area contributed by atoms with Crippen LogP contribution in [0.3, 0.4) is 0 Å². The van der Waals surface area contributed by atoms with Crippen LogP contribution in [0.4, 0.5) is 16.3 Å². The van der Waals surface area contributed by atoms with E-state index in [9.17, 15) is 4.79 Å². The molecular formula is C15H17N3O2. The third kappa shape index (κ3) is 3.71. The van der Waals surface area contributed by atoms with Gasteiger partial charge in [-0.05, 0) is 30.2 Å². The van der Waals surface area contributed by atoms with Crippen LogP contribution in [0.1, 0.15) is 11.1 Å². The van der Waals surface area contributed by atoms with Gasteiger partial charge >= 0.3 is 6.09 Å². The maximum Gasteiger partial charge on any atom is 0.411 e. The molecule has 0 aliphatic heterocycles. The molecule has 0 saturated heterocycles. The van der Waals surface area contributed by atoms with Crippen molar-refractivity contribution in [2.45, 2.75) is 13.5 Å². The topological polar surface area (TPSA) is 63.2 Å². The van der Waals surface area contributed by atoms with Gasteiger partial charge in [0.05, 0.1) is 19.0 Å². The molecule has 2 rings (SSSR count). The lowest BCUT2D eigenvalue weighted by Gasteiger charge is -2.09. The summed E-state index contributed by atoms with van der Waals surface area (Å²) in [6.45, 7) is 2.79. The Morgan fingerprint density at radius 3 is 2.70 bits per heavy atom. The normalized spacial score (nSPS) is 9.90. The van der Waals surface area contributed by atoms with Crippen LogP contribution in [0.2, 0.25) is 0 Å². The molecule has 1 amide bonds. The fourth-order valence-electron chi connectivity index (χ4n) is 1.74. The van der Waals surface area contributed by atoms with Gasteiger partial charge in [-0.1, -0.05) is 24.3 Å². The van der Waals surface area contributed by atoms with E-state index in [-0.39, 0.29) is 0 Å². The van der Waals surface area contributed by atoms with Crippen LogP contribution in [0.15, 0.2) is 42.6 Å². The Bertz CT molecular complexity index is 582. The van der Waals surface area contributed by atoms with E-state index in [2.05, 4.69) is 39.4 Å². The third-order valence-electron chi connectivity index (χ3n) is 2.92. The second kappa shape index (κ2) is 6.56. The van der Waals surface area contributed by atoms with E-state index < -0.39 is 6.09 Å². The van der Waals surface area contributed by atoms with Gasteiger partial charge in [-0.2, -0.15) is 0 Å². The van der Waals surface area contributed by atoms with Crippen LogP contribution >= 0.6 is 0 Å². The summed E-state index contributed by atoms with van der Waals surface area (Å²) in [7, 11) is 1.32. The number of aromatic nitrogens is 1. The van der Waals surface area contributed by atoms with Crippen LogP contribution in [-0.4, -0.2) is 18.2 Å². The summed E-state index contributed by atoms with van der Waals surface area (Å²) >= 11 is 0. The minimum absolute atomic E-state index is 0.507. The van der Waals surface area contributed by atoms with Gasteiger partial charge in [0.25, 0.3) is 0 Å². The predicted octanol–water partition coefficient (Wildman–Crippen LogP) is 3.18. The molecule has 5 nitrogen and oxygen atoms in total. The fraction of sp³-hybridized carbons (Fsp3) is 0.200. The number of hydrogen-bond donors (Lipinski definition) is 2. The summed E-state index contributed by atoms with van der Waals surface area (Å²) < 4.78 is 4.51. The molecule has 0 aliphatic rings. The first-order chi connectivity index (χ1) is 9.69. The molecule has 2 N–H and O–H groups in total. The average molecular weight is 271 g/mol. The van der Waals surface area contributed by atoms with Crippen LogP contribution < -0.4 is 10.6 Å². The number of rotatable bonds is 4. The van der Waals surface area contributed by atoms with Crippen molar-refractivity contribution in [2.75, 3.05) is 17.7 Å². The highest BCUT2D eigenvalue weighted by Crippen LogP contribution is 2.12. The highest BCUT2D eigenvalue weighted by atomic mass is 16.5. The maximum atomic E-state index is 11.0. The van der Waals surface area contributed by atoms with Crippen LogP contribution in [-0.2, 0) is 11.3 Å². The maximum absolute atomic E-state index is 11.0. The second-order valence-corrected chi connectivity index (χ2v) is 4.33. The van der Waals surface area contributed by atoms with Crippen molar-refractivity contribution in [3.05, 3.63) is 53.7 Å². The van der Waals surface area contributed by atoms with Crippen LogP contribution in [0, 0.1) is 6.92 Å². The molecule has 0 radical (unpaired) electrons. The molecule has 1 heterocycles. The van der Waals surface area contributed by atoms with Gasteiger partial charge in [0.2, 0.25) is 0 Å². The number of benzene rings is 1. The molecule has 0 bridgehead atoms. The van der Waals surface area contributed by atoms with Gasteiger partial charge < -0.3 is 10.1 Å². The SMILES string of the molecule is COC(=O)Nc1ccc(NCc2ccccc2C)nc1. The standard InChI is InChI=1S/C15H17N3O2/c1-11-5-3-4-6-12(11)9-16-14-8-7-13(10-17-14)18-15(19)20-2/h3-8,10H,9H2,1-2H3,(H,16,17)(H,18,19). The predicted molar refractivity (Wildman–Crippen MR) is 78.8 cm³/mol. The van der Waals surface area contributed by atoms with Crippen LogP contribution in [0.25, 0.3) is 0 Å². The van der Waals surface area contributed by atoms with Gasteiger partial charge in [-0.3, -0.25) is 5.32 Å². The van der Waals surface area contributed by atoms with Gasteiger partial charge in [0.15, 0.2) is 0 Å². The summed E-state index contributed by atoms with van der Waals surface area (Å²) in [5, 5.41) is 5.79. The number of nitrogens with zero attached hydrogens (tertiary/aromatic N) is 1. The van der Waals surface area contributed by atoms with Gasteiger partial charge in [-0.15, -0.1) is 0 Å². The molecule has 0 atom stereocenters. The Morgan fingerprint density at radius 1 is 1.25 bits per heavy atom. The highest BCUT2D eigenvalue weighted by Gasteiger charge is 2.02. The molecule has 0 fully saturated rings. The summed E-state index contributed by atoms with van der Waals surface area (Å²) in [6, 6.07) is 11.8. The molecule has 1 aromatic heterocycles. The minimum atomic E-state index is -0.507. The first-order valence-corrected chi connectivity index (χ1v) is 6.28. The Hall–Kier alpha value is -2.56. The molecule has 0 unspecified atom stereocenters. The zero-order valence-electron chi connectivity index (χ0n) is 11.5. The number of carbonyl (C=O) groups is 1. The van der Waals surface area contributed by atoms with Gasteiger partial charge in [-0.25, -0.2) is 9.78 Å². The molecule has 1 aromatic carbocycles. The summed E-state index contributed by atoms with van der Waals surface area (Å²) in [4.78, 5) is 15.3. The largest absolute Gasteiger partial charge is 0.453 e. The number of aryl methyl sites for hydroxylation is 1. The Labute approximate surface area is 118 Å². The summed E-state index contributed by atoms with van der Waals surface area (Å²) in [6.07, 6.45) is 1.07. The lowest BCUT2D eigenvalue weighted by atomic mass is 10.1. The van der Waals surface area contributed by atoms with Crippen molar-refractivity contribution in [1.82, 2.24) is 4.98 Å². The highest BCUT2D eigenvalue weighted by molar-refractivity contribution is 5.84. The molecule has 20 heavy (non-hydrogen) atoms. The smallest absolute Gasteiger partial charge is 0.411 e. The van der Waals surface area contributed by atoms with Crippen molar-refractivity contribution in [3.8, 4) is 0 Å². The van der Waals surface area contributed by atoms with Crippen molar-refractivity contribution >= 4 is 17.6 Å². The molecule has 5 heteroatoms. The van der Waals surface area contributed by atoms with E-state index in [1.165, 1.54) is 18.2 Å². The zero-order valence-corrected chi connectivity index (χ0v) is 11.5. The number of carbonyl (C=O) groups excluding carboxylic acids is 1. The second-order valence-electron chi connectivity index (χ2n) is 4.33. The van der Waals surface area contributed by atoms with Crippen molar-refractivity contribution in [2.24, 2.45) is 0 Å². The fourth-order valence-corrected chi connectivity index (χ4v) is 1.74. The number of methoxy groups -OCH3 is 1. The average Bonchev–Trinajstić information content (AvgIpc) is 2.48. The number of pyridine rings is 1. The summed E-state index contributed by atoms with van der Waals surface area (Å²) in [5.74, 6) is 0.753. The Morgan fingerprint density at radius 2 is 2.05 bits per heavy atom. The molecule has 2 aromatic rings. The molecule has 0 aliphatic carbocycles. The lowest BCUT2D eigenvalue weighted by Crippen LogP contribution is -2.11. The zero-order chi connectivity index (χ0) is 14.4. The van der Waals surface area contributed by atoms with E-state index in [1.807, 2.05) is 18.2 Å². The van der Waals surface area contributed by atoms with Crippen molar-refractivity contribution < 1.29 is 9.53 Å². The Kier molecular flexibility index (Phi) is 4.55. The summed E-state index contributed by atoms with van der Waals surface area (Å²) in [5.41, 5.74) is 3.06. The van der Waals surface area contributed by atoms with E-state index in [1.54, 1.807) is 12.3 Å². The molecular weight excluding hydrogens is 254 g/mol. The third-order valence-corrected chi connectivity index (χ3v) is 2.92. The first-order valence-electron chi connectivity index (χ1n) is 6.28. The van der Waals surface area contributed by atoms with E-state index >= 15 is 0 Å². The number of amides is 1. The van der Waals surface area contributed by atoms with Gasteiger partial charge in [0.1, 0.15) is 5.82 Å². The van der Waals surface area contributed by atoms with E-state index in [0.29, 0.717) is 12.2 Å². The number of nitrogens with one attached hydrogen (secondary N) is 2. The monoisotopic (exact) mass is 271 g/mol. The number of hydrogen-bond acceptors (Lipinski definition) is 4. The molecule has 104 valence electrons. The van der Waals surface area contributed by atoms with Crippen molar-refractivity contribution in [3.63, 3.8) is 0 Å². The van der Waals surface area contributed by atoms with E-state index in [4.69, 9.17) is 0 Å².